The monoisotopic (exact) mass is 284 g/mol. The Balaban J connectivity index is 2.14. The summed E-state index contributed by atoms with van der Waals surface area (Å²) in [5.41, 5.74) is 2.15. The van der Waals surface area contributed by atoms with Crippen LogP contribution in [-0.2, 0) is 6.42 Å². The Morgan fingerprint density at radius 3 is 2.18 bits per heavy atom. The Hall–Kier alpha value is -0.690. The topological polar surface area (TPSA) is 0 Å². The van der Waals surface area contributed by atoms with Crippen LogP contribution in [0, 0.1) is 0 Å². The Labute approximate surface area is 116 Å². The number of halogens is 3. The molecule has 0 fully saturated rings. The molecule has 0 saturated heterocycles. The lowest BCUT2D eigenvalue weighted by atomic mass is 10.0. The van der Waals surface area contributed by atoms with Crippen molar-refractivity contribution >= 4 is 34.8 Å². The molecular weight excluding hydrogens is 275 g/mol. The summed E-state index contributed by atoms with van der Waals surface area (Å²) in [5, 5.41) is 1.35. The molecule has 0 radical (unpaired) electrons. The molecule has 2 aromatic carbocycles. The van der Waals surface area contributed by atoms with Crippen LogP contribution >= 0.6 is 34.8 Å². The lowest BCUT2D eigenvalue weighted by molar-refractivity contribution is 0.920. The fourth-order valence-corrected chi connectivity index (χ4v) is 2.42. The van der Waals surface area contributed by atoms with E-state index in [9.17, 15) is 0 Å². The standard InChI is InChI=1S/C14H11Cl3/c15-12-5-1-3-10(7-12)8-14(17)11-4-2-6-13(16)9-11/h1-7,9,14H,8H2. The molecule has 17 heavy (non-hydrogen) atoms. The normalized spacial score (nSPS) is 12.4. The first-order chi connectivity index (χ1) is 8.15. The molecule has 1 unspecified atom stereocenters. The van der Waals surface area contributed by atoms with E-state index < -0.39 is 0 Å². The van der Waals surface area contributed by atoms with E-state index in [2.05, 4.69) is 0 Å². The lowest BCUT2D eigenvalue weighted by Crippen LogP contribution is -1.95. The summed E-state index contributed by atoms with van der Waals surface area (Å²) in [4.78, 5) is 0. The van der Waals surface area contributed by atoms with E-state index in [1.54, 1.807) is 0 Å². The molecule has 0 saturated carbocycles. The molecule has 0 spiro atoms. The molecule has 2 aromatic rings. The maximum absolute atomic E-state index is 6.36. The second-order valence-corrected chi connectivity index (χ2v) is 5.26. The van der Waals surface area contributed by atoms with E-state index in [0.29, 0.717) is 5.02 Å². The van der Waals surface area contributed by atoms with Gasteiger partial charge in [-0.2, -0.15) is 0 Å². The van der Waals surface area contributed by atoms with Gasteiger partial charge in [-0.25, -0.2) is 0 Å². The minimum Gasteiger partial charge on any atom is -0.117 e. The molecule has 0 heterocycles. The number of hydrogen-bond donors (Lipinski definition) is 0. The summed E-state index contributed by atoms with van der Waals surface area (Å²) in [5.74, 6) is 0. The number of alkyl halides is 1. The van der Waals surface area contributed by atoms with Gasteiger partial charge in [-0.15, -0.1) is 11.6 Å². The second kappa shape index (κ2) is 5.77. The molecular formula is C14H11Cl3. The van der Waals surface area contributed by atoms with Gasteiger partial charge in [0.05, 0.1) is 5.38 Å². The van der Waals surface area contributed by atoms with Gasteiger partial charge < -0.3 is 0 Å². The van der Waals surface area contributed by atoms with Gasteiger partial charge in [0, 0.05) is 10.0 Å². The van der Waals surface area contributed by atoms with Crippen molar-refractivity contribution in [1.82, 2.24) is 0 Å². The van der Waals surface area contributed by atoms with E-state index in [0.717, 1.165) is 22.6 Å². The highest BCUT2D eigenvalue weighted by molar-refractivity contribution is 6.31. The predicted molar refractivity (Wildman–Crippen MR) is 75.2 cm³/mol. The first kappa shape index (κ1) is 12.8. The summed E-state index contributed by atoms with van der Waals surface area (Å²) >= 11 is 18.2. The Bertz CT molecular complexity index is 508. The molecule has 0 aromatic heterocycles. The quantitative estimate of drug-likeness (QED) is 0.652. The van der Waals surface area contributed by atoms with Crippen molar-refractivity contribution < 1.29 is 0 Å². The van der Waals surface area contributed by atoms with Gasteiger partial charge in [0.15, 0.2) is 0 Å². The number of benzene rings is 2. The third-order valence-electron chi connectivity index (χ3n) is 2.51. The summed E-state index contributed by atoms with van der Waals surface area (Å²) in [6.07, 6.45) is 0.739. The molecule has 3 heteroatoms. The van der Waals surface area contributed by atoms with Crippen LogP contribution < -0.4 is 0 Å². The summed E-state index contributed by atoms with van der Waals surface area (Å²) < 4.78 is 0. The Morgan fingerprint density at radius 2 is 1.53 bits per heavy atom. The van der Waals surface area contributed by atoms with Crippen molar-refractivity contribution in [3.05, 3.63) is 69.7 Å². The molecule has 0 aliphatic rings. The first-order valence-corrected chi connectivity index (χ1v) is 6.48. The smallest absolute Gasteiger partial charge is 0.0626 e. The lowest BCUT2D eigenvalue weighted by Gasteiger charge is -2.10. The number of hydrogen-bond acceptors (Lipinski definition) is 0. The summed E-state index contributed by atoms with van der Waals surface area (Å²) in [7, 11) is 0. The highest BCUT2D eigenvalue weighted by Crippen LogP contribution is 2.27. The van der Waals surface area contributed by atoms with E-state index in [1.807, 2.05) is 48.5 Å². The molecule has 1 atom stereocenters. The SMILES string of the molecule is Clc1cccc(CC(Cl)c2cccc(Cl)c2)c1. The van der Waals surface area contributed by atoms with Gasteiger partial charge in [-0.1, -0.05) is 47.5 Å². The van der Waals surface area contributed by atoms with Crippen molar-refractivity contribution in [2.75, 3.05) is 0 Å². The molecule has 0 aliphatic heterocycles. The Kier molecular flexibility index (Phi) is 4.33. The van der Waals surface area contributed by atoms with Gasteiger partial charge in [0.2, 0.25) is 0 Å². The minimum absolute atomic E-state index is 0.0906. The van der Waals surface area contributed by atoms with E-state index in [1.165, 1.54) is 0 Å². The van der Waals surface area contributed by atoms with E-state index in [-0.39, 0.29) is 5.38 Å². The van der Waals surface area contributed by atoms with Crippen molar-refractivity contribution in [2.45, 2.75) is 11.8 Å². The average molecular weight is 286 g/mol. The van der Waals surface area contributed by atoms with Crippen LogP contribution in [0.4, 0.5) is 0 Å². The highest BCUT2D eigenvalue weighted by Gasteiger charge is 2.09. The molecule has 0 N–H and O–H groups in total. The van der Waals surface area contributed by atoms with Crippen LogP contribution in [-0.4, -0.2) is 0 Å². The van der Waals surface area contributed by atoms with E-state index in [4.69, 9.17) is 34.8 Å². The molecule has 0 bridgehead atoms. The van der Waals surface area contributed by atoms with Crippen LogP contribution in [0.5, 0.6) is 0 Å². The number of rotatable bonds is 3. The van der Waals surface area contributed by atoms with Crippen LogP contribution in [0.2, 0.25) is 10.0 Å². The van der Waals surface area contributed by atoms with Crippen molar-refractivity contribution in [2.24, 2.45) is 0 Å². The molecule has 0 aliphatic carbocycles. The van der Waals surface area contributed by atoms with Crippen molar-refractivity contribution in [3.63, 3.8) is 0 Å². The second-order valence-electron chi connectivity index (χ2n) is 3.86. The first-order valence-electron chi connectivity index (χ1n) is 5.29. The van der Waals surface area contributed by atoms with Gasteiger partial charge in [-0.05, 0) is 41.8 Å². The Morgan fingerprint density at radius 1 is 0.882 bits per heavy atom. The van der Waals surface area contributed by atoms with Crippen LogP contribution in [0.15, 0.2) is 48.5 Å². The molecule has 2 rings (SSSR count). The predicted octanol–water partition coefficient (Wildman–Crippen LogP) is 5.52. The fraction of sp³-hybridized carbons (Fsp3) is 0.143. The third kappa shape index (κ3) is 3.64. The zero-order valence-corrected chi connectivity index (χ0v) is 11.3. The van der Waals surface area contributed by atoms with Crippen LogP contribution in [0.3, 0.4) is 0 Å². The average Bonchev–Trinajstić information content (AvgIpc) is 2.29. The minimum atomic E-state index is -0.0906. The van der Waals surface area contributed by atoms with Crippen molar-refractivity contribution in [1.29, 1.82) is 0 Å². The van der Waals surface area contributed by atoms with E-state index >= 15 is 0 Å². The molecule has 0 amide bonds. The summed E-state index contributed by atoms with van der Waals surface area (Å²) in [6, 6.07) is 15.4. The third-order valence-corrected chi connectivity index (χ3v) is 3.39. The van der Waals surface area contributed by atoms with Crippen molar-refractivity contribution in [3.8, 4) is 0 Å². The maximum atomic E-state index is 6.36. The zero-order chi connectivity index (χ0) is 12.3. The molecule has 88 valence electrons. The zero-order valence-electron chi connectivity index (χ0n) is 9.04. The summed E-state index contributed by atoms with van der Waals surface area (Å²) in [6.45, 7) is 0. The van der Waals surface area contributed by atoms with Gasteiger partial charge in [0.1, 0.15) is 0 Å². The van der Waals surface area contributed by atoms with Gasteiger partial charge >= 0.3 is 0 Å². The highest BCUT2D eigenvalue weighted by atomic mass is 35.5. The molecule has 0 nitrogen and oxygen atoms in total. The van der Waals surface area contributed by atoms with Crippen LogP contribution in [0.25, 0.3) is 0 Å². The van der Waals surface area contributed by atoms with Gasteiger partial charge in [0.25, 0.3) is 0 Å². The largest absolute Gasteiger partial charge is 0.117 e. The fourth-order valence-electron chi connectivity index (χ4n) is 1.69. The van der Waals surface area contributed by atoms with Crippen LogP contribution in [0.1, 0.15) is 16.5 Å². The maximum Gasteiger partial charge on any atom is 0.0626 e. The van der Waals surface area contributed by atoms with Gasteiger partial charge in [-0.3, -0.25) is 0 Å².